The van der Waals surface area contributed by atoms with Gasteiger partial charge in [-0.15, -0.1) is 0 Å². The van der Waals surface area contributed by atoms with Gasteiger partial charge in [0.05, 0.1) is 16.7 Å². The Balaban J connectivity index is 1.51. The van der Waals surface area contributed by atoms with Crippen LogP contribution in [0.25, 0.3) is 0 Å². The van der Waals surface area contributed by atoms with Crippen LogP contribution < -0.4 is 4.90 Å². The second kappa shape index (κ2) is 8.01. The van der Waals surface area contributed by atoms with Crippen LogP contribution in [0, 0.1) is 0 Å². The quantitative estimate of drug-likeness (QED) is 0.659. The van der Waals surface area contributed by atoms with Crippen molar-refractivity contribution in [1.82, 2.24) is 4.31 Å². The Morgan fingerprint density at radius 2 is 1.79 bits per heavy atom. The van der Waals surface area contributed by atoms with E-state index in [4.69, 9.17) is 39.5 Å². The predicted molar refractivity (Wildman–Crippen MR) is 112 cm³/mol. The summed E-state index contributed by atoms with van der Waals surface area (Å²) in [5.74, 6) is 0. The molecule has 0 N–H and O–H groups in total. The van der Waals surface area contributed by atoms with Gasteiger partial charge in [-0.05, 0) is 43.2 Å². The summed E-state index contributed by atoms with van der Waals surface area (Å²) in [5.41, 5.74) is 2.16. The van der Waals surface area contributed by atoms with E-state index in [-0.39, 0.29) is 21.0 Å². The molecule has 0 saturated carbocycles. The van der Waals surface area contributed by atoms with Crippen molar-refractivity contribution in [1.29, 1.82) is 0 Å². The molecule has 1 saturated heterocycles. The van der Waals surface area contributed by atoms with E-state index in [0.717, 1.165) is 11.3 Å². The Morgan fingerprint density at radius 1 is 1.04 bits per heavy atom. The predicted octanol–water partition coefficient (Wildman–Crippen LogP) is 4.79. The highest BCUT2D eigenvalue weighted by atomic mass is 35.5. The van der Waals surface area contributed by atoms with Gasteiger partial charge in [0.25, 0.3) is 0 Å². The van der Waals surface area contributed by atoms with Crippen LogP contribution in [-0.4, -0.2) is 38.6 Å². The van der Waals surface area contributed by atoms with E-state index in [1.54, 1.807) is 12.1 Å². The summed E-state index contributed by atoms with van der Waals surface area (Å²) < 4.78 is 33.2. The number of hydrogen-bond donors (Lipinski definition) is 0. The van der Waals surface area contributed by atoms with Crippen LogP contribution in [-0.2, 0) is 21.4 Å². The second-order valence-electron chi connectivity index (χ2n) is 6.91. The lowest BCUT2D eigenvalue weighted by Gasteiger charge is -2.41. The van der Waals surface area contributed by atoms with Crippen molar-refractivity contribution in [2.45, 2.75) is 30.4 Å². The number of nitrogens with zero attached hydrogens (tertiary/aromatic N) is 2. The molecule has 2 aromatic carbocycles. The lowest BCUT2D eigenvalue weighted by atomic mass is 10.0. The van der Waals surface area contributed by atoms with E-state index in [2.05, 4.69) is 4.90 Å². The van der Waals surface area contributed by atoms with Gasteiger partial charge in [0.15, 0.2) is 0 Å². The van der Waals surface area contributed by atoms with E-state index < -0.39 is 10.0 Å². The van der Waals surface area contributed by atoms with Gasteiger partial charge in [-0.3, -0.25) is 0 Å². The summed E-state index contributed by atoms with van der Waals surface area (Å²) in [6, 6.07) is 10.7. The number of ether oxygens (including phenoxy) is 1. The van der Waals surface area contributed by atoms with Crippen molar-refractivity contribution in [3.05, 3.63) is 57.0 Å². The molecule has 5 nitrogen and oxygen atoms in total. The number of sulfonamides is 1. The molecular weight excluding hydrogens is 443 g/mol. The molecule has 4 rings (SSSR count). The van der Waals surface area contributed by atoms with Gasteiger partial charge in [0, 0.05) is 35.4 Å². The molecule has 0 aromatic heterocycles. The first kappa shape index (κ1) is 20.3. The highest BCUT2D eigenvalue weighted by molar-refractivity contribution is 7.89. The average Bonchev–Trinajstić information content (AvgIpc) is 2.69. The minimum atomic E-state index is -3.69. The van der Waals surface area contributed by atoms with E-state index in [0.29, 0.717) is 44.3 Å². The van der Waals surface area contributed by atoms with Crippen molar-refractivity contribution in [2.75, 3.05) is 24.7 Å². The van der Waals surface area contributed by atoms with Crippen LogP contribution in [0.3, 0.4) is 0 Å². The molecule has 9 heteroatoms. The summed E-state index contributed by atoms with van der Waals surface area (Å²) in [7, 11) is -3.69. The first-order chi connectivity index (χ1) is 13.4. The summed E-state index contributed by atoms with van der Waals surface area (Å²) in [5, 5.41) is 0.989. The minimum absolute atomic E-state index is 0.0569. The van der Waals surface area contributed by atoms with Crippen LogP contribution in [0.1, 0.15) is 18.4 Å². The van der Waals surface area contributed by atoms with Gasteiger partial charge in [-0.2, -0.15) is 4.31 Å². The molecular formula is C19H19Cl3N2O3S. The zero-order chi connectivity index (χ0) is 19.9. The van der Waals surface area contributed by atoms with Crippen LogP contribution >= 0.6 is 34.8 Å². The number of rotatable bonds is 3. The van der Waals surface area contributed by atoms with Crippen molar-refractivity contribution in [3.8, 4) is 0 Å². The second-order valence-corrected chi connectivity index (χ2v) is 10.0. The first-order valence-electron chi connectivity index (χ1n) is 8.95. The summed E-state index contributed by atoms with van der Waals surface area (Å²) in [4.78, 5) is 2.26. The standard InChI is InChI=1S/C19H19Cl3N2O3S/c20-14-4-5-17-13(10-14)11-27-12-24(17)15-6-8-23(9-7-15)28(25,26)18-3-1-2-16(21)19(18)22/h1-5,10,15H,6-9,11-12H2. The molecule has 150 valence electrons. The lowest BCUT2D eigenvalue weighted by molar-refractivity contribution is 0.0988. The first-order valence-corrected chi connectivity index (χ1v) is 11.5. The van der Waals surface area contributed by atoms with Crippen LogP contribution in [0.5, 0.6) is 0 Å². The van der Waals surface area contributed by atoms with Gasteiger partial charge < -0.3 is 9.64 Å². The number of fused-ring (bicyclic) bond motifs is 1. The zero-order valence-corrected chi connectivity index (χ0v) is 18.0. The monoisotopic (exact) mass is 460 g/mol. The summed E-state index contributed by atoms with van der Waals surface area (Å²) >= 11 is 18.2. The Bertz CT molecular complexity index is 992. The minimum Gasteiger partial charge on any atom is -0.356 e. The van der Waals surface area contributed by atoms with Crippen LogP contribution in [0.4, 0.5) is 5.69 Å². The molecule has 0 bridgehead atoms. The van der Waals surface area contributed by atoms with Gasteiger partial charge in [-0.1, -0.05) is 40.9 Å². The van der Waals surface area contributed by atoms with E-state index in [9.17, 15) is 8.42 Å². The summed E-state index contributed by atoms with van der Waals surface area (Å²) in [6.45, 7) is 1.85. The van der Waals surface area contributed by atoms with E-state index >= 15 is 0 Å². The molecule has 0 amide bonds. The summed E-state index contributed by atoms with van der Waals surface area (Å²) in [6.07, 6.45) is 1.39. The maximum absolute atomic E-state index is 13.0. The number of halogens is 3. The fourth-order valence-electron chi connectivity index (χ4n) is 3.79. The maximum Gasteiger partial charge on any atom is 0.244 e. The Kier molecular flexibility index (Phi) is 5.80. The number of piperidine rings is 1. The van der Waals surface area contributed by atoms with Crippen molar-refractivity contribution in [3.63, 3.8) is 0 Å². The lowest BCUT2D eigenvalue weighted by Crippen LogP contribution is -2.48. The largest absolute Gasteiger partial charge is 0.356 e. The molecule has 1 fully saturated rings. The van der Waals surface area contributed by atoms with Crippen LogP contribution in [0.2, 0.25) is 15.1 Å². The number of benzene rings is 2. The normalized spacial score (nSPS) is 18.9. The third-order valence-corrected chi connectivity index (χ3v) is 8.34. The molecule has 0 spiro atoms. The third kappa shape index (κ3) is 3.74. The molecule has 2 aromatic rings. The molecule has 0 unspecified atom stereocenters. The topological polar surface area (TPSA) is 49.9 Å². The average molecular weight is 462 g/mol. The van der Waals surface area contributed by atoms with Gasteiger partial charge in [0.1, 0.15) is 11.6 Å². The maximum atomic E-state index is 13.0. The molecule has 2 heterocycles. The zero-order valence-electron chi connectivity index (χ0n) is 14.9. The highest BCUT2D eigenvalue weighted by Crippen LogP contribution is 2.35. The molecule has 2 aliphatic rings. The third-order valence-electron chi connectivity index (χ3n) is 5.24. The van der Waals surface area contributed by atoms with Crippen molar-refractivity contribution >= 4 is 50.5 Å². The number of anilines is 1. The smallest absolute Gasteiger partial charge is 0.244 e. The Morgan fingerprint density at radius 3 is 2.54 bits per heavy atom. The molecule has 2 aliphatic heterocycles. The Hall–Kier alpha value is -1.02. The SMILES string of the molecule is O=S(=O)(c1cccc(Cl)c1Cl)N1CCC(N2COCc3cc(Cl)ccc32)CC1. The highest BCUT2D eigenvalue weighted by Gasteiger charge is 2.34. The fourth-order valence-corrected chi connectivity index (χ4v) is 6.19. The van der Waals surface area contributed by atoms with Gasteiger partial charge >= 0.3 is 0 Å². The molecule has 0 atom stereocenters. The van der Waals surface area contributed by atoms with Gasteiger partial charge in [0.2, 0.25) is 10.0 Å². The Labute approximate surface area is 179 Å². The van der Waals surface area contributed by atoms with Crippen LogP contribution in [0.15, 0.2) is 41.3 Å². The van der Waals surface area contributed by atoms with Crippen molar-refractivity contribution in [2.24, 2.45) is 0 Å². The fraction of sp³-hybridized carbons (Fsp3) is 0.368. The molecule has 0 aliphatic carbocycles. The number of hydrogen-bond acceptors (Lipinski definition) is 4. The van der Waals surface area contributed by atoms with E-state index in [1.807, 2.05) is 18.2 Å². The van der Waals surface area contributed by atoms with Gasteiger partial charge in [-0.25, -0.2) is 8.42 Å². The molecule has 0 radical (unpaired) electrons. The van der Waals surface area contributed by atoms with Crippen molar-refractivity contribution < 1.29 is 13.2 Å². The van der Waals surface area contributed by atoms with E-state index in [1.165, 1.54) is 10.4 Å². The molecule has 28 heavy (non-hydrogen) atoms.